The molecule has 0 saturated carbocycles. The van der Waals surface area contributed by atoms with Gasteiger partial charge in [0, 0.05) is 6.42 Å². The highest BCUT2D eigenvalue weighted by Crippen LogP contribution is 2.33. The van der Waals surface area contributed by atoms with Crippen molar-refractivity contribution < 1.29 is 89.4 Å². The predicted octanol–water partition coefficient (Wildman–Crippen LogP) is 7.72. The van der Waals surface area contributed by atoms with Crippen LogP contribution in [0.4, 0.5) is 0 Å². The van der Waals surface area contributed by atoms with E-state index in [0.29, 0.717) is 12.8 Å². The predicted molar refractivity (Wildman–Crippen MR) is 319 cm³/mol. The number of ether oxygens (including phenoxy) is 6. The first-order valence-corrected chi connectivity index (χ1v) is 33.4. The molecule has 3 aliphatic heterocycles. The first kappa shape index (κ1) is 75.8. The number of allylic oxidation sites excluding steroid dienone is 2. The van der Waals surface area contributed by atoms with Crippen molar-refractivity contribution in [2.45, 2.75) is 362 Å². The molecule has 0 aromatic carbocycles. The molecule has 490 valence electrons. The zero-order chi connectivity index (χ0) is 60.5. The molecule has 19 nitrogen and oxygen atoms in total. The van der Waals surface area contributed by atoms with E-state index in [0.717, 1.165) is 64.2 Å². The van der Waals surface area contributed by atoms with E-state index in [1.807, 2.05) is 0 Å². The van der Waals surface area contributed by atoms with Gasteiger partial charge in [0.1, 0.15) is 73.2 Å². The van der Waals surface area contributed by atoms with Crippen LogP contribution in [0.25, 0.3) is 0 Å². The maximum atomic E-state index is 13.4. The molecule has 17 atom stereocenters. The highest BCUT2D eigenvalue weighted by molar-refractivity contribution is 5.76. The molecule has 3 aliphatic rings. The van der Waals surface area contributed by atoms with Crippen LogP contribution < -0.4 is 5.32 Å². The number of hydrogen-bond donors (Lipinski definition) is 12. The SMILES string of the molecule is CCCCCCC/C=C\CCCCCCCC(=O)NC(COC1OC(CO)C(OC2OC(CO)C(OC3OC(CO)C(O)C(O)C3O)C(O)C2O)C(O)C1O)C(O)CCCCCCCCCCCCCCCCCCCCCCCCCC. The second kappa shape index (κ2) is 47.5. The van der Waals surface area contributed by atoms with Gasteiger partial charge in [-0.15, -0.1) is 0 Å². The minimum Gasteiger partial charge on any atom is -0.394 e. The van der Waals surface area contributed by atoms with Crippen LogP contribution in [0.5, 0.6) is 0 Å². The van der Waals surface area contributed by atoms with Gasteiger partial charge in [-0.25, -0.2) is 0 Å². The standard InChI is InChI=1S/C64H121NO18/c1-3-5-7-9-11-13-15-17-19-20-21-22-23-24-25-26-27-28-29-31-33-35-37-39-41-48(69)47(65-52(70)42-40-38-36-34-32-30-18-16-14-12-10-8-6-4-2)46-78-62-58(76)55(73)60(50(44-67)80-62)83-64-59(77)56(74)61(51(45-68)81-64)82-63-57(75)54(72)53(71)49(43-66)79-63/h16,18,47-51,53-64,66-69,71-77H,3-15,17,19-46H2,1-2H3,(H,65,70)/b18-16-. The van der Waals surface area contributed by atoms with Crippen LogP contribution in [0, 0.1) is 0 Å². The Morgan fingerprint density at radius 1 is 0.422 bits per heavy atom. The topological polar surface area (TPSA) is 307 Å². The molecule has 0 aliphatic carbocycles. The van der Waals surface area contributed by atoms with Crippen LogP contribution in [0.1, 0.15) is 258 Å². The van der Waals surface area contributed by atoms with Crippen molar-refractivity contribution in [3.63, 3.8) is 0 Å². The number of unbranched alkanes of at least 4 members (excludes halogenated alkanes) is 33. The smallest absolute Gasteiger partial charge is 0.220 e. The van der Waals surface area contributed by atoms with Crippen molar-refractivity contribution in [2.24, 2.45) is 0 Å². The van der Waals surface area contributed by atoms with Gasteiger partial charge in [0.15, 0.2) is 18.9 Å². The summed E-state index contributed by atoms with van der Waals surface area (Å²) in [5, 5.41) is 120. The quantitative estimate of drug-likeness (QED) is 0.0205. The largest absolute Gasteiger partial charge is 0.394 e. The number of rotatable bonds is 51. The van der Waals surface area contributed by atoms with Crippen LogP contribution in [0.2, 0.25) is 0 Å². The third-order valence-corrected chi connectivity index (χ3v) is 17.1. The van der Waals surface area contributed by atoms with Crippen molar-refractivity contribution in [1.29, 1.82) is 0 Å². The maximum Gasteiger partial charge on any atom is 0.220 e. The van der Waals surface area contributed by atoms with E-state index in [2.05, 4.69) is 31.3 Å². The molecule has 1 amide bonds. The first-order chi connectivity index (χ1) is 40.3. The van der Waals surface area contributed by atoms with Gasteiger partial charge in [-0.1, -0.05) is 225 Å². The minimum atomic E-state index is -1.97. The fourth-order valence-corrected chi connectivity index (χ4v) is 11.6. The molecule has 83 heavy (non-hydrogen) atoms. The molecule has 0 radical (unpaired) electrons. The van der Waals surface area contributed by atoms with Gasteiger partial charge < -0.3 is 89.9 Å². The first-order valence-electron chi connectivity index (χ1n) is 33.4. The number of amides is 1. The van der Waals surface area contributed by atoms with Gasteiger partial charge in [0.05, 0.1) is 38.6 Å². The number of nitrogens with one attached hydrogen (secondary N) is 1. The second-order valence-corrected chi connectivity index (χ2v) is 24.3. The monoisotopic (exact) mass is 1190 g/mol. The molecule has 3 fully saturated rings. The van der Waals surface area contributed by atoms with Gasteiger partial charge in [-0.2, -0.15) is 0 Å². The van der Waals surface area contributed by atoms with Crippen LogP contribution in [0.15, 0.2) is 12.2 Å². The maximum absolute atomic E-state index is 13.4. The molecule has 3 saturated heterocycles. The molecule has 0 aromatic rings. The van der Waals surface area contributed by atoms with E-state index < -0.39 is 124 Å². The van der Waals surface area contributed by atoms with Crippen molar-refractivity contribution in [2.75, 3.05) is 26.4 Å². The third-order valence-electron chi connectivity index (χ3n) is 17.1. The van der Waals surface area contributed by atoms with Crippen molar-refractivity contribution >= 4 is 5.91 Å². The summed E-state index contributed by atoms with van der Waals surface area (Å²) in [6.45, 7) is 1.80. The molecular formula is C64H121NO18. The zero-order valence-corrected chi connectivity index (χ0v) is 51.4. The van der Waals surface area contributed by atoms with Crippen LogP contribution in [-0.2, 0) is 33.2 Å². The van der Waals surface area contributed by atoms with Crippen molar-refractivity contribution in [3.05, 3.63) is 12.2 Å². The average molecular weight is 1190 g/mol. The van der Waals surface area contributed by atoms with E-state index in [4.69, 9.17) is 28.4 Å². The fourth-order valence-electron chi connectivity index (χ4n) is 11.6. The molecule has 0 aromatic heterocycles. The second-order valence-electron chi connectivity index (χ2n) is 24.3. The Bertz CT molecular complexity index is 1560. The summed E-state index contributed by atoms with van der Waals surface area (Å²) >= 11 is 0. The number of carbonyl (C=O) groups is 1. The zero-order valence-electron chi connectivity index (χ0n) is 51.4. The third kappa shape index (κ3) is 30.5. The highest BCUT2D eigenvalue weighted by atomic mass is 16.8. The van der Waals surface area contributed by atoms with E-state index in [1.54, 1.807) is 0 Å². The Kier molecular flexibility index (Phi) is 43.4. The molecule has 17 unspecified atom stereocenters. The molecule has 3 rings (SSSR count). The van der Waals surface area contributed by atoms with Gasteiger partial charge in [-0.05, 0) is 38.5 Å². The fraction of sp³-hybridized carbons (Fsp3) is 0.953. The summed E-state index contributed by atoms with van der Waals surface area (Å²) in [4.78, 5) is 13.4. The Labute approximate surface area is 499 Å². The Morgan fingerprint density at radius 2 is 0.759 bits per heavy atom. The van der Waals surface area contributed by atoms with Crippen LogP contribution in [0.3, 0.4) is 0 Å². The molecule has 3 heterocycles. The lowest BCUT2D eigenvalue weighted by Crippen LogP contribution is -2.66. The van der Waals surface area contributed by atoms with E-state index in [-0.39, 0.29) is 18.9 Å². The minimum absolute atomic E-state index is 0.249. The van der Waals surface area contributed by atoms with E-state index in [9.17, 15) is 61.0 Å². The summed E-state index contributed by atoms with van der Waals surface area (Å²) in [7, 11) is 0. The lowest BCUT2D eigenvalue weighted by atomic mass is 9.96. The summed E-state index contributed by atoms with van der Waals surface area (Å²) in [5.41, 5.74) is 0. The number of aliphatic hydroxyl groups excluding tert-OH is 11. The Hall–Kier alpha value is -1.47. The normalized spacial score (nSPS) is 29.4. The number of hydrogen-bond acceptors (Lipinski definition) is 18. The molecule has 12 N–H and O–H groups in total. The van der Waals surface area contributed by atoms with E-state index >= 15 is 0 Å². The summed E-state index contributed by atoms with van der Waals surface area (Å²) < 4.78 is 34.4. The lowest BCUT2D eigenvalue weighted by molar-refractivity contribution is -0.379. The molecular weight excluding hydrogens is 1070 g/mol. The van der Waals surface area contributed by atoms with Crippen LogP contribution >= 0.6 is 0 Å². The number of carbonyl (C=O) groups excluding carboxylic acids is 1. The Morgan fingerprint density at radius 3 is 1.17 bits per heavy atom. The van der Waals surface area contributed by atoms with Gasteiger partial charge >= 0.3 is 0 Å². The van der Waals surface area contributed by atoms with Crippen molar-refractivity contribution in [3.8, 4) is 0 Å². The highest BCUT2D eigenvalue weighted by Gasteiger charge is 2.53. The summed E-state index contributed by atoms with van der Waals surface area (Å²) in [5.74, 6) is -0.249. The lowest BCUT2D eigenvalue weighted by Gasteiger charge is -2.48. The Balaban J connectivity index is 1.43. The summed E-state index contributed by atoms with van der Waals surface area (Å²) in [6.07, 6.45) is 23.0. The average Bonchev–Trinajstić information content (AvgIpc) is 3.19. The summed E-state index contributed by atoms with van der Waals surface area (Å²) in [6, 6.07) is -0.888. The van der Waals surface area contributed by atoms with Gasteiger partial charge in [0.2, 0.25) is 5.91 Å². The van der Waals surface area contributed by atoms with E-state index in [1.165, 1.54) is 161 Å². The molecule has 19 heteroatoms. The molecule has 0 bridgehead atoms. The number of aliphatic hydroxyl groups is 11. The van der Waals surface area contributed by atoms with Crippen molar-refractivity contribution in [1.82, 2.24) is 5.32 Å². The van der Waals surface area contributed by atoms with Gasteiger partial charge in [0.25, 0.3) is 0 Å². The van der Waals surface area contributed by atoms with Gasteiger partial charge in [-0.3, -0.25) is 4.79 Å². The molecule has 0 spiro atoms. The van der Waals surface area contributed by atoms with Crippen LogP contribution in [-0.4, -0.2) is 193 Å².